The van der Waals surface area contributed by atoms with Crippen molar-refractivity contribution in [1.29, 1.82) is 0 Å². The van der Waals surface area contributed by atoms with E-state index in [0.29, 0.717) is 64.1 Å². The van der Waals surface area contributed by atoms with Crippen molar-refractivity contribution in [3.05, 3.63) is 60.0 Å². The van der Waals surface area contributed by atoms with Gasteiger partial charge in [-0.25, -0.2) is 14.2 Å². The summed E-state index contributed by atoms with van der Waals surface area (Å²) in [6.07, 6.45) is 5.44. The number of alkyl halides is 1. The molecule has 4 heterocycles. The van der Waals surface area contributed by atoms with E-state index < -0.39 is 11.7 Å². The smallest absolute Gasteiger partial charge is 0.326 e. The molecule has 1 aliphatic carbocycles. The van der Waals surface area contributed by atoms with Gasteiger partial charge in [-0.3, -0.25) is 14.8 Å². The molecule has 10 heteroatoms. The van der Waals surface area contributed by atoms with Crippen LogP contribution in [0.1, 0.15) is 43.9 Å². The summed E-state index contributed by atoms with van der Waals surface area (Å²) in [6.45, 7) is 4.08. The Morgan fingerprint density at radius 1 is 1.20 bits per heavy atom. The number of aromatic nitrogens is 3. The van der Waals surface area contributed by atoms with Gasteiger partial charge in [-0.15, -0.1) is 0 Å². The van der Waals surface area contributed by atoms with Crippen LogP contribution in [0, 0.1) is 5.92 Å². The lowest BCUT2D eigenvalue weighted by Crippen LogP contribution is -2.56. The summed E-state index contributed by atoms with van der Waals surface area (Å²) in [7, 11) is 1.63. The topological polar surface area (TPSA) is 94.7 Å². The molecule has 1 spiro atoms. The van der Waals surface area contributed by atoms with E-state index in [9.17, 15) is 14.0 Å². The van der Waals surface area contributed by atoms with Gasteiger partial charge in [0.2, 0.25) is 5.91 Å². The fraction of sp³-hybridized carbons (Fsp3) is 0.467. The molecule has 2 aliphatic heterocycles. The van der Waals surface area contributed by atoms with Gasteiger partial charge in [0.1, 0.15) is 17.7 Å². The predicted octanol–water partition coefficient (Wildman–Crippen LogP) is 4.59. The number of ether oxygens (including phenoxy) is 1. The summed E-state index contributed by atoms with van der Waals surface area (Å²) in [6, 6.07) is 11.6. The van der Waals surface area contributed by atoms with Gasteiger partial charge in [0.05, 0.1) is 31.1 Å². The van der Waals surface area contributed by atoms with Crippen LogP contribution in [0.4, 0.5) is 15.0 Å². The van der Waals surface area contributed by atoms with Crippen LogP contribution in [0.5, 0.6) is 5.75 Å². The number of hydrogen-bond donors (Lipinski definition) is 1. The van der Waals surface area contributed by atoms with Gasteiger partial charge in [0, 0.05) is 42.9 Å². The Balaban J connectivity index is 1.28. The lowest BCUT2D eigenvalue weighted by molar-refractivity contribution is -0.142. The maximum Gasteiger partial charge on any atom is 0.326 e. The Morgan fingerprint density at radius 2 is 2.00 bits per heavy atom. The highest BCUT2D eigenvalue weighted by molar-refractivity contribution is 5.95. The number of carbonyl (C=O) groups excluding carboxylic acids is 2. The maximum atomic E-state index is 14.1. The minimum atomic E-state index is -0.857. The summed E-state index contributed by atoms with van der Waals surface area (Å²) in [5.41, 5.74) is 3.39. The number of benzene rings is 1. The van der Waals surface area contributed by atoms with Gasteiger partial charge < -0.3 is 14.5 Å². The first-order valence-corrected chi connectivity index (χ1v) is 14.0. The number of rotatable bonds is 7. The summed E-state index contributed by atoms with van der Waals surface area (Å²) in [4.78, 5) is 37.6. The third-order valence-corrected chi connectivity index (χ3v) is 8.78. The quantitative estimate of drug-likeness (QED) is 0.468. The number of piperidine rings is 1. The van der Waals surface area contributed by atoms with Crippen molar-refractivity contribution in [3.63, 3.8) is 0 Å². The third-order valence-electron chi connectivity index (χ3n) is 8.78. The molecule has 0 unspecified atom stereocenters. The molecule has 210 valence electrons. The van der Waals surface area contributed by atoms with Crippen molar-refractivity contribution >= 4 is 17.8 Å². The first-order valence-electron chi connectivity index (χ1n) is 14.0. The van der Waals surface area contributed by atoms with Crippen LogP contribution < -0.4 is 9.64 Å². The Morgan fingerprint density at radius 3 is 2.67 bits per heavy atom. The van der Waals surface area contributed by atoms with Crippen LogP contribution >= 0.6 is 0 Å². The summed E-state index contributed by atoms with van der Waals surface area (Å²) in [5, 5.41) is 6.92. The lowest BCUT2D eigenvalue weighted by atomic mass is 9.80. The largest absolute Gasteiger partial charge is 0.497 e. The number of hydrogen-bond acceptors (Lipinski definition) is 5. The van der Waals surface area contributed by atoms with E-state index in [1.54, 1.807) is 18.2 Å². The number of aromatic amines is 1. The number of amides is 3. The number of halogens is 1. The van der Waals surface area contributed by atoms with Crippen molar-refractivity contribution in [2.24, 2.45) is 5.92 Å². The summed E-state index contributed by atoms with van der Waals surface area (Å²) in [5.74, 6) is 1.22. The maximum absolute atomic E-state index is 14.1. The molecule has 1 saturated carbocycles. The lowest BCUT2D eigenvalue weighted by Gasteiger charge is -2.45. The van der Waals surface area contributed by atoms with Crippen LogP contribution in [0.3, 0.4) is 0 Å². The van der Waals surface area contributed by atoms with Crippen LogP contribution in [-0.4, -0.2) is 75.4 Å². The van der Waals surface area contributed by atoms with E-state index in [-0.39, 0.29) is 17.9 Å². The summed E-state index contributed by atoms with van der Waals surface area (Å²) < 4.78 is 18.8. The molecule has 3 aliphatic rings. The van der Waals surface area contributed by atoms with Crippen LogP contribution in [0.25, 0.3) is 11.1 Å². The van der Waals surface area contributed by atoms with Gasteiger partial charge in [0.25, 0.3) is 0 Å². The van der Waals surface area contributed by atoms with Crippen molar-refractivity contribution in [3.8, 4) is 16.9 Å². The second-order valence-corrected chi connectivity index (χ2v) is 11.1. The van der Waals surface area contributed by atoms with Crippen molar-refractivity contribution in [2.75, 3.05) is 31.6 Å². The molecular weight excluding hydrogens is 511 g/mol. The van der Waals surface area contributed by atoms with Crippen LogP contribution in [0.2, 0.25) is 0 Å². The number of nitrogens with zero attached hydrogens (tertiary/aromatic N) is 5. The van der Waals surface area contributed by atoms with Gasteiger partial charge in [-0.05, 0) is 61.9 Å². The van der Waals surface area contributed by atoms with E-state index in [4.69, 9.17) is 9.72 Å². The van der Waals surface area contributed by atoms with E-state index >= 15 is 0 Å². The molecule has 6 rings (SSSR count). The molecule has 1 aromatic carbocycles. The molecule has 3 aromatic rings. The Kier molecular flexibility index (Phi) is 6.93. The zero-order valence-electron chi connectivity index (χ0n) is 23.0. The average Bonchev–Trinajstić information content (AvgIpc) is 3.59. The number of methoxy groups -OCH3 is 1. The molecule has 9 nitrogen and oxygen atoms in total. The first kappa shape index (κ1) is 26.3. The zero-order chi connectivity index (χ0) is 27.9. The average molecular weight is 547 g/mol. The molecule has 40 heavy (non-hydrogen) atoms. The van der Waals surface area contributed by atoms with E-state index in [2.05, 4.69) is 17.1 Å². The number of pyridine rings is 1. The summed E-state index contributed by atoms with van der Waals surface area (Å²) >= 11 is 0. The number of anilines is 1. The van der Waals surface area contributed by atoms with E-state index in [1.807, 2.05) is 52.4 Å². The van der Waals surface area contributed by atoms with E-state index in [1.165, 1.54) is 0 Å². The predicted molar refractivity (Wildman–Crippen MR) is 149 cm³/mol. The molecule has 3 fully saturated rings. The Bertz CT molecular complexity index is 1380. The number of urea groups is 1. The first-order chi connectivity index (χ1) is 19.4. The van der Waals surface area contributed by atoms with Crippen molar-refractivity contribution in [2.45, 2.75) is 57.3 Å². The number of carbonyl (C=O) groups is 2. The molecular formula is C30H35FN6O3. The number of aryl methyl sites for hydroxylation is 1. The fourth-order valence-electron chi connectivity index (χ4n) is 6.31. The van der Waals surface area contributed by atoms with Gasteiger partial charge in [-0.2, -0.15) is 5.10 Å². The molecule has 2 saturated heterocycles. The minimum absolute atomic E-state index is 0.0494. The Hall–Kier alpha value is -3.95. The molecule has 2 aromatic heterocycles. The van der Waals surface area contributed by atoms with Gasteiger partial charge >= 0.3 is 6.03 Å². The van der Waals surface area contributed by atoms with Crippen molar-refractivity contribution in [1.82, 2.24) is 25.0 Å². The number of nitrogens with one attached hydrogen (secondary N) is 1. The minimum Gasteiger partial charge on any atom is -0.497 e. The molecule has 1 N–H and O–H groups in total. The third kappa shape index (κ3) is 4.69. The van der Waals surface area contributed by atoms with Gasteiger partial charge in [0.15, 0.2) is 0 Å². The van der Waals surface area contributed by atoms with Crippen LogP contribution in [0.15, 0.2) is 48.8 Å². The standard InChI is InChI=1S/C30H35FN6O3/c1-3-26-25(22-16-32-33-17-22)7-8-27(34-26)36-19-30(9-11-35(12-10-30)28(38)21-14-23(31)15-21)37(29(36)39)18-20-5-4-6-24(13-20)40-2/h4-8,13,16-17,21,23H,3,9-12,14-15,18-19H2,1-2H3,(H,32,33). The normalized spacial score (nSPS) is 22.1. The van der Waals surface area contributed by atoms with Crippen molar-refractivity contribution < 1.29 is 18.7 Å². The van der Waals surface area contributed by atoms with Crippen LogP contribution in [-0.2, 0) is 17.8 Å². The number of likely N-dealkylation sites (tertiary alicyclic amines) is 1. The second-order valence-electron chi connectivity index (χ2n) is 11.1. The second kappa shape index (κ2) is 10.6. The number of H-pyrrole nitrogens is 1. The highest BCUT2D eigenvalue weighted by Gasteiger charge is 2.52. The molecule has 3 amide bonds. The molecule has 0 bridgehead atoms. The highest BCUT2D eigenvalue weighted by atomic mass is 19.1. The fourth-order valence-corrected chi connectivity index (χ4v) is 6.31. The monoisotopic (exact) mass is 546 g/mol. The SMILES string of the molecule is CCc1nc(N2CC3(CCN(C(=O)C4CC(F)C4)CC3)N(Cc3cccc(OC)c3)C2=O)ccc1-c1cn[nH]c1. The zero-order valence-corrected chi connectivity index (χ0v) is 23.0. The highest BCUT2D eigenvalue weighted by Crippen LogP contribution is 2.41. The molecule has 0 radical (unpaired) electrons. The van der Waals surface area contributed by atoms with Gasteiger partial charge in [-0.1, -0.05) is 19.1 Å². The van der Waals surface area contributed by atoms with E-state index in [0.717, 1.165) is 28.1 Å². The molecule has 0 atom stereocenters. The Labute approximate surface area is 233 Å².